The topological polar surface area (TPSA) is 70.2 Å². The quantitative estimate of drug-likeness (QED) is 0.795. The van der Waals surface area contributed by atoms with Crippen LogP contribution in [0.2, 0.25) is 0 Å². The Bertz CT molecular complexity index is 849. The molecule has 2 aliphatic rings. The lowest BCUT2D eigenvalue weighted by Crippen LogP contribution is -2.41. The molecule has 3 atom stereocenters. The zero-order chi connectivity index (χ0) is 18.1. The molecular formula is C21H23N3O2. The van der Waals surface area contributed by atoms with E-state index in [4.69, 9.17) is 0 Å². The van der Waals surface area contributed by atoms with Gasteiger partial charge >= 0.3 is 6.03 Å². The van der Waals surface area contributed by atoms with Crippen LogP contribution in [-0.4, -0.2) is 18.5 Å². The van der Waals surface area contributed by atoms with E-state index in [0.717, 1.165) is 17.7 Å². The number of nitrogens with one attached hydrogen (secondary N) is 3. The molecule has 1 aliphatic carbocycles. The molecule has 0 aromatic heterocycles. The van der Waals surface area contributed by atoms with Crippen molar-refractivity contribution >= 4 is 17.6 Å². The summed E-state index contributed by atoms with van der Waals surface area (Å²) < 4.78 is 0. The zero-order valence-corrected chi connectivity index (χ0v) is 14.8. The number of hydrogen-bond acceptors (Lipinski definition) is 2. The Morgan fingerprint density at radius 1 is 1.08 bits per heavy atom. The maximum Gasteiger partial charge on any atom is 0.315 e. The first-order valence-corrected chi connectivity index (χ1v) is 9.13. The van der Waals surface area contributed by atoms with E-state index < -0.39 is 0 Å². The van der Waals surface area contributed by atoms with Gasteiger partial charge in [0.25, 0.3) is 0 Å². The van der Waals surface area contributed by atoms with Crippen molar-refractivity contribution in [1.29, 1.82) is 0 Å². The minimum Gasteiger partial charge on any atom is -0.338 e. The third kappa shape index (κ3) is 3.17. The third-order valence-electron chi connectivity index (χ3n) is 5.40. The molecule has 2 aromatic rings. The molecule has 4 rings (SSSR count). The molecule has 2 aromatic carbocycles. The second-order valence-corrected chi connectivity index (χ2v) is 7.25. The third-order valence-corrected chi connectivity index (χ3v) is 5.40. The van der Waals surface area contributed by atoms with Crippen LogP contribution in [0.5, 0.6) is 0 Å². The molecule has 5 heteroatoms. The van der Waals surface area contributed by atoms with Gasteiger partial charge in [-0.1, -0.05) is 49.4 Å². The summed E-state index contributed by atoms with van der Waals surface area (Å²) in [6.07, 6.45) is 1.37. The maximum absolute atomic E-state index is 12.5. The number of carbonyl (C=O) groups is 2. The Kier molecular flexibility index (Phi) is 4.37. The van der Waals surface area contributed by atoms with Gasteiger partial charge in [0.2, 0.25) is 5.91 Å². The monoisotopic (exact) mass is 349 g/mol. The first kappa shape index (κ1) is 16.6. The van der Waals surface area contributed by atoms with E-state index in [2.05, 4.69) is 35.0 Å². The average Bonchev–Trinajstić information content (AvgIpc) is 2.95. The van der Waals surface area contributed by atoms with E-state index in [9.17, 15) is 9.59 Å². The molecular weight excluding hydrogens is 326 g/mol. The maximum atomic E-state index is 12.5. The van der Waals surface area contributed by atoms with Crippen LogP contribution >= 0.6 is 0 Å². The summed E-state index contributed by atoms with van der Waals surface area (Å²) in [5.41, 5.74) is 4.43. The molecule has 0 radical (unpaired) electrons. The van der Waals surface area contributed by atoms with Crippen LogP contribution in [0.3, 0.4) is 0 Å². The van der Waals surface area contributed by atoms with Gasteiger partial charge in [-0.05, 0) is 35.1 Å². The minimum atomic E-state index is -0.179. The molecule has 134 valence electrons. The number of anilines is 1. The Hall–Kier alpha value is -2.82. The summed E-state index contributed by atoms with van der Waals surface area (Å²) >= 11 is 0. The van der Waals surface area contributed by atoms with Gasteiger partial charge in [-0.3, -0.25) is 4.79 Å². The fourth-order valence-corrected chi connectivity index (χ4v) is 4.11. The number of benzene rings is 2. The summed E-state index contributed by atoms with van der Waals surface area (Å²) in [7, 11) is 0. The van der Waals surface area contributed by atoms with Crippen LogP contribution in [0.15, 0.2) is 48.5 Å². The van der Waals surface area contributed by atoms with Crippen molar-refractivity contribution in [1.82, 2.24) is 10.6 Å². The SMILES string of the molecule is C[C@@H]1Cc2ccccc2[C@@H]1NC(=O)NC[C@@H]1CC(=O)Nc2ccccc21. The largest absolute Gasteiger partial charge is 0.338 e. The summed E-state index contributed by atoms with van der Waals surface area (Å²) in [6.45, 7) is 2.60. The van der Waals surface area contributed by atoms with Crippen molar-refractivity contribution in [3.05, 3.63) is 65.2 Å². The average molecular weight is 349 g/mol. The second-order valence-electron chi connectivity index (χ2n) is 7.25. The molecule has 0 spiro atoms. The van der Waals surface area contributed by atoms with Gasteiger partial charge in [-0.15, -0.1) is 0 Å². The highest BCUT2D eigenvalue weighted by Gasteiger charge is 2.30. The number of rotatable bonds is 3. The van der Waals surface area contributed by atoms with E-state index in [1.54, 1.807) is 0 Å². The Labute approximate surface area is 153 Å². The van der Waals surface area contributed by atoms with Gasteiger partial charge in [-0.2, -0.15) is 0 Å². The summed E-state index contributed by atoms with van der Waals surface area (Å²) in [4.78, 5) is 24.4. The number of carbonyl (C=O) groups excluding carboxylic acids is 2. The van der Waals surface area contributed by atoms with E-state index >= 15 is 0 Å². The van der Waals surface area contributed by atoms with Crippen LogP contribution in [0.25, 0.3) is 0 Å². The second kappa shape index (κ2) is 6.83. The van der Waals surface area contributed by atoms with Crippen molar-refractivity contribution in [3.8, 4) is 0 Å². The van der Waals surface area contributed by atoms with Crippen LogP contribution in [0.4, 0.5) is 10.5 Å². The van der Waals surface area contributed by atoms with Gasteiger partial charge in [0.05, 0.1) is 6.04 Å². The van der Waals surface area contributed by atoms with Crippen LogP contribution in [0.1, 0.15) is 42.0 Å². The molecule has 3 amide bonds. The summed E-state index contributed by atoms with van der Waals surface area (Å²) in [6, 6.07) is 15.9. The normalized spacial score (nSPS) is 23.6. The van der Waals surface area contributed by atoms with Crippen molar-refractivity contribution < 1.29 is 9.59 Å². The first-order chi connectivity index (χ1) is 12.6. The Balaban J connectivity index is 1.40. The number of para-hydroxylation sites is 1. The summed E-state index contributed by atoms with van der Waals surface area (Å²) in [5, 5.41) is 8.96. The standard InChI is InChI=1S/C21H23N3O2/c1-13-10-14-6-2-3-8-17(14)20(13)24-21(26)22-12-15-11-19(25)23-18-9-5-4-7-16(15)18/h2-9,13,15,20H,10-12H2,1H3,(H,23,25)(H2,22,24,26)/t13-,15+,20-/m1/s1. The predicted octanol–water partition coefficient (Wildman–Crippen LogP) is 3.35. The van der Waals surface area contributed by atoms with Crippen molar-refractivity contribution in [2.45, 2.75) is 31.7 Å². The van der Waals surface area contributed by atoms with Gasteiger partial charge in [0, 0.05) is 24.6 Å². The van der Waals surface area contributed by atoms with E-state index in [1.807, 2.05) is 36.4 Å². The highest BCUT2D eigenvalue weighted by molar-refractivity contribution is 5.94. The van der Waals surface area contributed by atoms with Crippen molar-refractivity contribution in [3.63, 3.8) is 0 Å². The molecule has 1 heterocycles. The van der Waals surface area contributed by atoms with Crippen LogP contribution in [0, 0.1) is 5.92 Å². The number of amides is 3. The number of urea groups is 1. The smallest absolute Gasteiger partial charge is 0.315 e. The predicted molar refractivity (Wildman–Crippen MR) is 101 cm³/mol. The Morgan fingerprint density at radius 2 is 1.81 bits per heavy atom. The highest BCUT2D eigenvalue weighted by Crippen LogP contribution is 2.35. The molecule has 26 heavy (non-hydrogen) atoms. The minimum absolute atomic E-state index is 0.000937. The van der Waals surface area contributed by atoms with E-state index in [-0.39, 0.29) is 23.9 Å². The molecule has 5 nitrogen and oxygen atoms in total. The number of hydrogen-bond donors (Lipinski definition) is 3. The fourth-order valence-electron chi connectivity index (χ4n) is 4.11. The van der Waals surface area contributed by atoms with Crippen molar-refractivity contribution in [2.24, 2.45) is 5.92 Å². The fraction of sp³-hybridized carbons (Fsp3) is 0.333. The molecule has 0 bridgehead atoms. The highest BCUT2D eigenvalue weighted by atomic mass is 16.2. The molecule has 3 N–H and O–H groups in total. The molecule has 0 unspecified atom stereocenters. The number of fused-ring (bicyclic) bond motifs is 2. The van der Waals surface area contributed by atoms with Gasteiger partial charge in [-0.25, -0.2) is 4.79 Å². The lowest BCUT2D eigenvalue weighted by molar-refractivity contribution is -0.116. The van der Waals surface area contributed by atoms with Crippen LogP contribution < -0.4 is 16.0 Å². The van der Waals surface area contributed by atoms with Gasteiger partial charge in [0.15, 0.2) is 0 Å². The van der Waals surface area contributed by atoms with E-state index in [1.165, 1.54) is 11.1 Å². The van der Waals surface area contributed by atoms with Crippen molar-refractivity contribution in [2.75, 3.05) is 11.9 Å². The Morgan fingerprint density at radius 3 is 2.65 bits per heavy atom. The van der Waals surface area contributed by atoms with Gasteiger partial charge < -0.3 is 16.0 Å². The van der Waals surface area contributed by atoms with Gasteiger partial charge in [0.1, 0.15) is 0 Å². The first-order valence-electron chi connectivity index (χ1n) is 9.13. The molecule has 0 fully saturated rings. The molecule has 0 saturated heterocycles. The lowest BCUT2D eigenvalue weighted by atomic mass is 9.90. The molecule has 1 aliphatic heterocycles. The van der Waals surface area contributed by atoms with E-state index in [0.29, 0.717) is 18.9 Å². The lowest BCUT2D eigenvalue weighted by Gasteiger charge is -2.26. The molecule has 0 saturated carbocycles. The zero-order valence-electron chi connectivity index (χ0n) is 14.8. The summed E-state index contributed by atoms with van der Waals surface area (Å²) in [5.74, 6) is 0.368. The van der Waals surface area contributed by atoms with Crippen LogP contribution in [-0.2, 0) is 11.2 Å².